The van der Waals surface area contributed by atoms with Crippen LogP contribution in [0.5, 0.6) is 0 Å². The smallest absolute Gasteiger partial charge is 0.104 e. The van der Waals surface area contributed by atoms with Gasteiger partial charge in [-0.25, -0.2) is 0 Å². The van der Waals surface area contributed by atoms with E-state index in [1.54, 1.807) is 0 Å². The van der Waals surface area contributed by atoms with Gasteiger partial charge in [0, 0.05) is 6.61 Å². The summed E-state index contributed by atoms with van der Waals surface area (Å²) < 4.78 is 15.4. The van der Waals surface area contributed by atoms with Gasteiger partial charge in [0.2, 0.25) is 0 Å². The lowest BCUT2D eigenvalue weighted by Gasteiger charge is -2.03. The van der Waals surface area contributed by atoms with E-state index in [1.165, 1.54) is 6.42 Å². The third-order valence-corrected chi connectivity index (χ3v) is 2.68. The van der Waals surface area contributed by atoms with E-state index in [1.807, 2.05) is 0 Å². The third kappa shape index (κ3) is 10.7. The van der Waals surface area contributed by atoms with E-state index in [0.29, 0.717) is 12.2 Å². The molecule has 0 aliphatic carbocycles. The van der Waals surface area contributed by atoms with Gasteiger partial charge in [0.25, 0.3) is 0 Å². The van der Waals surface area contributed by atoms with Crippen molar-refractivity contribution >= 4 is 0 Å². The molecule has 2 unspecified atom stereocenters. The highest BCUT2D eigenvalue weighted by Gasteiger charge is 2.22. The van der Waals surface area contributed by atoms with Gasteiger partial charge in [-0.1, -0.05) is 27.7 Å². The Hall–Kier alpha value is -0.120. The largest absolute Gasteiger partial charge is 0.379 e. The second-order valence-electron chi connectivity index (χ2n) is 5.80. The molecule has 102 valence electrons. The van der Waals surface area contributed by atoms with Gasteiger partial charge < -0.3 is 14.2 Å². The van der Waals surface area contributed by atoms with Crippen molar-refractivity contribution in [2.24, 2.45) is 11.8 Å². The Kier molecular flexibility index (Phi) is 7.09. The fraction of sp³-hybridized carbons (Fsp3) is 1.00. The van der Waals surface area contributed by atoms with Crippen LogP contribution >= 0.6 is 0 Å². The second kappa shape index (κ2) is 8.06. The lowest BCUT2D eigenvalue weighted by atomic mass is 10.1. The van der Waals surface area contributed by atoms with Crippen LogP contribution in [0.4, 0.5) is 0 Å². The molecule has 3 heteroatoms. The molecule has 0 radical (unpaired) electrons. The normalized spacial score (nSPS) is 25.8. The highest BCUT2D eigenvalue weighted by atomic mass is 16.6. The Bertz CT molecular complexity index is 180. The molecule has 0 aromatic rings. The van der Waals surface area contributed by atoms with Crippen LogP contribution in [0, 0.1) is 11.8 Å². The van der Waals surface area contributed by atoms with Crippen molar-refractivity contribution in [2.75, 3.05) is 26.4 Å². The van der Waals surface area contributed by atoms with Crippen LogP contribution in [0.2, 0.25) is 0 Å². The van der Waals surface area contributed by atoms with E-state index < -0.39 is 0 Å². The molecule has 0 amide bonds. The Labute approximate surface area is 106 Å². The Morgan fingerprint density at radius 3 is 1.94 bits per heavy atom. The summed E-state index contributed by atoms with van der Waals surface area (Å²) in [4.78, 5) is 0. The van der Waals surface area contributed by atoms with Crippen molar-refractivity contribution in [3.05, 3.63) is 0 Å². The van der Waals surface area contributed by atoms with Crippen molar-refractivity contribution in [1.82, 2.24) is 0 Å². The van der Waals surface area contributed by atoms with E-state index >= 15 is 0 Å². The molecular weight excluding hydrogens is 216 g/mol. The summed E-state index contributed by atoms with van der Waals surface area (Å²) in [5.41, 5.74) is 0. The summed E-state index contributed by atoms with van der Waals surface area (Å²) in [5, 5.41) is 0. The lowest BCUT2D eigenvalue weighted by Crippen LogP contribution is -2.04. The van der Waals surface area contributed by atoms with Gasteiger partial charge in [0.05, 0.1) is 25.9 Å². The van der Waals surface area contributed by atoms with Crippen molar-refractivity contribution in [1.29, 1.82) is 0 Å². The zero-order chi connectivity index (χ0) is 12.7. The molecule has 2 aliphatic heterocycles. The topological polar surface area (TPSA) is 34.3 Å². The van der Waals surface area contributed by atoms with Gasteiger partial charge in [0.1, 0.15) is 6.10 Å². The third-order valence-electron chi connectivity index (χ3n) is 2.68. The fourth-order valence-corrected chi connectivity index (χ4v) is 1.43. The molecule has 0 saturated carbocycles. The molecule has 2 heterocycles. The predicted octanol–water partition coefficient (Wildman–Crippen LogP) is 2.88. The van der Waals surface area contributed by atoms with Crippen molar-refractivity contribution < 1.29 is 14.2 Å². The molecule has 3 nitrogen and oxygen atoms in total. The lowest BCUT2D eigenvalue weighted by molar-refractivity contribution is 0.107. The fourth-order valence-electron chi connectivity index (χ4n) is 1.43. The maximum atomic E-state index is 5.34. The van der Waals surface area contributed by atoms with Crippen molar-refractivity contribution in [3.8, 4) is 0 Å². The average Bonchev–Trinajstić information content (AvgIpc) is 3.06. The molecule has 2 atom stereocenters. The zero-order valence-corrected chi connectivity index (χ0v) is 11.8. The maximum absolute atomic E-state index is 5.34. The average molecular weight is 244 g/mol. The first-order valence-electron chi connectivity index (χ1n) is 6.88. The molecule has 0 spiro atoms. The highest BCUT2D eigenvalue weighted by molar-refractivity contribution is 4.69. The first-order valence-corrected chi connectivity index (χ1v) is 6.88. The van der Waals surface area contributed by atoms with E-state index in [9.17, 15) is 0 Å². The van der Waals surface area contributed by atoms with Crippen LogP contribution in [0.1, 0.15) is 40.5 Å². The zero-order valence-electron chi connectivity index (χ0n) is 11.8. The van der Waals surface area contributed by atoms with Crippen LogP contribution in [0.15, 0.2) is 0 Å². The van der Waals surface area contributed by atoms with Crippen LogP contribution in [-0.2, 0) is 14.2 Å². The minimum atomic E-state index is 0.423. The van der Waals surface area contributed by atoms with Gasteiger partial charge in [-0.2, -0.15) is 0 Å². The van der Waals surface area contributed by atoms with E-state index in [0.717, 1.165) is 44.7 Å². The number of hydrogen-bond acceptors (Lipinski definition) is 3. The summed E-state index contributed by atoms with van der Waals surface area (Å²) in [6.07, 6.45) is 3.46. The van der Waals surface area contributed by atoms with Gasteiger partial charge in [-0.05, 0) is 24.7 Å². The molecule has 17 heavy (non-hydrogen) atoms. The Morgan fingerprint density at radius 2 is 1.59 bits per heavy atom. The van der Waals surface area contributed by atoms with Crippen molar-refractivity contribution in [3.63, 3.8) is 0 Å². The highest BCUT2D eigenvalue weighted by Crippen LogP contribution is 2.18. The number of rotatable bonds is 7. The van der Waals surface area contributed by atoms with Crippen LogP contribution in [0.25, 0.3) is 0 Å². The molecular formula is C14H28O3. The van der Waals surface area contributed by atoms with Crippen LogP contribution < -0.4 is 0 Å². The standard InChI is InChI=1S/C8H16O2.C6H12O/c1-7(2)3-4-9-5-8-6-10-8;1-5(2)3-6-4-7-6/h7-8H,3-6H2,1-2H3;5-6H,3-4H2,1-2H3. The van der Waals surface area contributed by atoms with Gasteiger partial charge in [0.15, 0.2) is 0 Å². The summed E-state index contributed by atoms with van der Waals surface area (Å²) in [6.45, 7) is 12.5. The molecule has 2 saturated heterocycles. The molecule has 2 aliphatic rings. The van der Waals surface area contributed by atoms with Gasteiger partial charge in [-0.15, -0.1) is 0 Å². The maximum Gasteiger partial charge on any atom is 0.104 e. The molecule has 0 aromatic carbocycles. The number of hydrogen-bond donors (Lipinski definition) is 0. The summed E-state index contributed by atoms with van der Waals surface area (Å²) in [6, 6.07) is 0. The van der Waals surface area contributed by atoms with E-state index in [-0.39, 0.29) is 0 Å². The van der Waals surface area contributed by atoms with Crippen LogP contribution in [0.3, 0.4) is 0 Å². The predicted molar refractivity (Wildman–Crippen MR) is 69.2 cm³/mol. The number of epoxide rings is 2. The molecule has 0 bridgehead atoms. The Balaban J connectivity index is 0.000000181. The molecule has 0 N–H and O–H groups in total. The summed E-state index contributed by atoms with van der Waals surface area (Å²) >= 11 is 0. The first kappa shape index (κ1) is 14.9. The second-order valence-corrected chi connectivity index (χ2v) is 5.80. The van der Waals surface area contributed by atoms with E-state index in [2.05, 4.69) is 27.7 Å². The Morgan fingerprint density at radius 1 is 1.00 bits per heavy atom. The summed E-state index contributed by atoms with van der Waals surface area (Å²) in [5.74, 6) is 1.56. The van der Waals surface area contributed by atoms with Crippen LogP contribution in [-0.4, -0.2) is 38.6 Å². The molecule has 0 aromatic heterocycles. The quantitative estimate of drug-likeness (QED) is 0.510. The number of ether oxygens (including phenoxy) is 3. The monoisotopic (exact) mass is 244 g/mol. The molecule has 2 rings (SSSR count). The van der Waals surface area contributed by atoms with Crippen molar-refractivity contribution in [2.45, 2.75) is 52.7 Å². The summed E-state index contributed by atoms with van der Waals surface area (Å²) in [7, 11) is 0. The van der Waals surface area contributed by atoms with Gasteiger partial charge in [-0.3, -0.25) is 0 Å². The SMILES string of the molecule is CC(C)CC1CO1.CC(C)CCOCC1CO1. The molecule has 2 fully saturated rings. The minimum Gasteiger partial charge on any atom is -0.379 e. The van der Waals surface area contributed by atoms with Gasteiger partial charge >= 0.3 is 0 Å². The first-order chi connectivity index (χ1) is 8.08. The minimum absolute atomic E-state index is 0.423. The van der Waals surface area contributed by atoms with E-state index in [4.69, 9.17) is 14.2 Å².